The molecule has 0 aromatic heterocycles. The summed E-state index contributed by atoms with van der Waals surface area (Å²) in [5.74, 6) is 0. The fraction of sp³-hybridized carbons (Fsp3) is 1.00. The van der Waals surface area contributed by atoms with E-state index in [0.29, 0.717) is 17.6 Å². The first-order chi connectivity index (χ1) is 6.47. The first kappa shape index (κ1) is 12.0. The molecule has 0 aliphatic carbocycles. The van der Waals surface area contributed by atoms with Crippen LogP contribution < -0.4 is 5.73 Å². The highest BCUT2D eigenvalue weighted by Gasteiger charge is 2.33. The summed E-state index contributed by atoms with van der Waals surface area (Å²) < 4.78 is 0. The third-order valence-electron chi connectivity index (χ3n) is 3.56. The second kappa shape index (κ2) is 4.63. The third-order valence-corrected chi connectivity index (χ3v) is 3.56. The van der Waals surface area contributed by atoms with E-state index in [1.807, 2.05) is 0 Å². The number of nitrogens with zero attached hydrogens (tertiary/aromatic N) is 1. The van der Waals surface area contributed by atoms with Crippen molar-refractivity contribution in [1.82, 2.24) is 4.90 Å². The molecular formula is C12H26N2. The lowest BCUT2D eigenvalue weighted by molar-refractivity contribution is 0.0360. The Bertz CT molecular complexity index is 177. The average molecular weight is 198 g/mol. The van der Waals surface area contributed by atoms with Gasteiger partial charge in [-0.15, -0.1) is 0 Å². The third kappa shape index (κ3) is 2.71. The van der Waals surface area contributed by atoms with Crippen molar-refractivity contribution >= 4 is 0 Å². The van der Waals surface area contributed by atoms with E-state index in [2.05, 4.69) is 32.6 Å². The van der Waals surface area contributed by atoms with Gasteiger partial charge in [0.1, 0.15) is 0 Å². The van der Waals surface area contributed by atoms with Crippen LogP contribution in [0.2, 0.25) is 0 Å². The van der Waals surface area contributed by atoms with Crippen molar-refractivity contribution in [2.24, 2.45) is 5.73 Å². The fourth-order valence-electron chi connectivity index (χ4n) is 2.86. The van der Waals surface area contributed by atoms with Gasteiger partial charge in [-0.25, -0.2) is 0 Å². The van der Waals surface area contributed by atoms with Crippen LogP contribution in [0.15, 0.2) is 0 Å². The van der Waals surface area contributed by atoms with Crippen LogP contribution in [-0.4, -0.2) is 29.1 Å². The minimum absolute atomic E-state index is 0.355. The van der Waals surface area contributed by atoms with Crippen LogP contribution in [0.5, 0.6) is 0 Å². The van der Waals surface area contributed by atoms with Crippen LogP contribution in [-0.2, 0) is 0 Å². The van der Waals surface area contributed by atoms with E-state index in [-0.39, 0.29) is 0 Å². The molecule has 2 heteroatoms. The Balaban J connectivity index is 2.58. The van der Waals surface area contributed by atoms with Crippen LogP contribution >= 0.6 is 0 Å². The van der Waals surface area contributed by atoms with E-state index < -0.39 is 0 Å². The van der Waals surface area contributed by atoms with Crippen molar-refractivity contribution in [3.8, 4) is 0 Å². The molecule has 1 heterocycles. The molecule has 2 N–H and O–H groups in total. The molecule has 0 saturated carbocycles. The predicted molar refractivity (Wildman–Crippen MR) is 62.4 cm³/mol. The molecule has 1 aliphatic heterocycles. The van der Waals surface area contributed by atoms with Crippen molar-refractivity contribution in [2.45, 2.75) is 71.0 Å². The second-order valence-electron chi connectivity index (χ2n) is 5.39. The maximum absolute atomic E-state index is 5.98. The molecule has 0 radical (unpaired) electrons. The quantitative estimate of drug-likeness (QED) is 0.754. The second-order valence-corrected chi connectivity index (χ2v) is 5.39. The van der Waals surface area contributed by atoms with Gasteiger partial charge in [0, 0.05) is 24.2 Å². The largest absolute Gasteiger partial charge is 0.328 e. The molecule has 0 aromatic carbocycles. The molecule has 0 amide bonds. The molecule has 1 rings (SSSR count). The minimum atomic E-state index is 0.355. The Morgan fingerprint density at radius 2 is 2.07 bits per heavy atom. The Kier molecular flexibility index (Phi) is 3.96. The molecule has 2 nitrogen and oxygen atoms in total. The van der Waals surface area contributed by atoms with Crippen LogP contribution in [0, 0.1) is 0 Å². The van der Waals surface area contributed by atoms with Gasteiger partial charge in [0.05, 0.1) is 0 Å². The van der Waals surface area contributed by atoms with E-state index in [4.69, 9.17) is 5.73 Å². The highest BCUT2D eigenvalue weighted by molar-refractivity contribution is 4.90. The summed E-state index contributed by atoms with van der Waals surface area (Å²) in [7, 11) is 0. The molecule has 2 unspecified atom stereocenters. The zero-order chi connectivity index (χ0) is 10.8. The van der Waals surface area contributed by atoms with Crippen LogP contribution in [0.4, 0.5) is 0 Å². The SMILES string of the molecule is CCCC(C)(C)N1CCC(N)CC1C. The Morgan fingerprint density at radius 1 is 1.43 bits per heavy atom. The zero-order valence-electron chi connectivity index (χ0n) is 10.2. The maximum Gasteiger partial charge on any atom is 0.0156 e. The van der Waals surface area contributed by atoms with Gasteiger partial charge in [-0.05, 0) is 40.0 Å². The monoisotopic (exact) mass is 198 g/mol. The van der Waals surface area contributed by atoms with E-state index in [0.717, 1.165) is 12.8 Å². The number of likely N-dealkylation sites (tertiary alicyclic amines) is 1. The first-order valence-corrected chi connectivity index (χ1v) is 5.99. The molecule has 1 aliphatic rings. The highest BCUT2D eigenvalue weighted by Crippen LogP contribution is 2.28. The number of hydrogen-bond acceptors (Lipinski definition) is 2. The van der Waals surface area contributed by atoms with Crippen molar-refractivity contribution in [3.63, 3.8) is 0 Å². The smallest absolute Gasteiger partial charge is 0.0156 e. The molecular weight excluding hydrogens is 172 g/mol. The van der Waals surface area contributed by atoms with Crippen molar-refractivity contribution in [2.75, 3.05) is 6.54 Å². The van der Waals surface area contributed by atoms with Gasteiger partial charge >= 0.3 is 0 Å². The molecule has 0 aromatic rings. The van der Waals surface area contributed by atoms with Gasteiger partial charge in [0.2, 0.25) is 0 Å². The van der Waals surface area contributed by atoms with Gasteiger partial charge < -0.3 is 5.73 Å². The van der Waals surface area contributed by atoms with Gasteiger partial charge in [0.15, 0.2) is 0 Å². The number of piperidine rings is 1. The first-order valence-electron chi connectivity index (χ1n) is 5.99. The van der Waals surface area contributed by atoms with Gasteiger partial charge in [-0.2, -0.15) is 0 Å². The summed E-state index contributed by atoms with van der Waals surface area (Å²) in [4.78, 5) is 2.64. The summed E-state index contributed by atoms with van der Waals surface area (Å²) in [5, 5.41) is 0. The lowest BCUT2D eigenvalue weighted by atomic mass is 9.89. The lowest BCUT2D eigenvalue weighted by Crippen LogP contribution is -2.54. The standard InChI is InChI=1S/C12H26N2/c1-5-7-12(3,4)14-8-6-11(13)9-10(14)2/h10-11H,5-9,13H2,1-4H3. The molecule has 14 heavy (non-hydrogen) atoms. The molecule has 84 valence electrons. The summed E-state index contributed by atoms with van der Waals surface area (Å²) in [6, 6.07) is 1.08. The Labute approximate surface area is 88.8 Å². The summed E-state index contributed by atoms with van der Waals surface area (Å²) in [6.45, 7) is 10.5. The number of hydrogen-bond donors (Lipinski definition) is 1. The van der Waals surface area contributed by atoms with Crippen molar-refractivity contribution < 1.29 is 0 Å². The molecule has 2 atom stereocenters. The van der Waals surface area contributed by atoms with Gasteiger partial charge in [-0.1, -0.05) is 13.3 Å². The Hall–Kier alpha value is -0.0800. The fourth-order valence-corrected chi connectivity index (χ4v) is 2.86. The average Bonchev–Trinajstić information content (AvgIpc) is 2.02. The molecule has 1 fully saturated rings. The molecule has 1 saturated heterocycles. The van der Waals surface area contributed by atoms with Gasteiger partial charge in [-0.3, -0.25) is 4.90 Å². The van der Waals surface area contributed by atoms with Crippen molar-refractivity contribution in [3.05, 3.63) is 0 Å². The Morgan fingerprint density at radius 3 is 2.57 bits per heavy atom. The topological polar surface area (TPSA) is 29.3 Å². The number of nitrogens with two attached hydrogens (primary N) is 1. The molecule has 0 bridgehead atoms. The minimum Gasteiger partial charge on any atom is -0.328 e. The van der Waals surface area contributed by atoms with E-state index >= 15 is 0 Å². The predicted octanol–water partition coefficient (Wildman–Crippen LogP) is 2.38. The van der Waals surface area contributed by atoms with Crippen molar-refractivity contribution in [1.29, 1.82) is 0 Å². The highest BCUT2D eigenvalue weighted by atomic mass is 15.2. The lowest BCUT2D eigenvalue weighted by Gasteiger charge is -2.46. The van der Waals surface area contributed by atoms with E-state index in [1.54, 1.807) is 0 Å². The summed E-state index contributed by atoms with van der Waals surface area (Å²) in [6.07, 6.45) is 4.87. The summed E-state index contributed by atoms with van der Waals surface area (Å²) >= 11 is 0. The molecule has 0 spiro atoms. The van der Waals surface area contributed by atoms with Crippen LogP contribution in [0.3, 0.4) is 0 Å². The van der Waals surface area contributed by atoms with E-state index in [1.165, 1.54) is 19.4 Å². The van der Waals surface area contributed by atoms with Crippen LogP contribution in [0.25, 0.3) is 0 Å². The van der Waals surface area contributed by atoms with Crippen LogP contribution in [0.1, 0.15) is 53.4 Å². The van der Waals surface area contributed by atoms with E-state index in [9.17, 15) is 0 Å². The summed E-state index contributed by atoms with van der Waals surface area (Å²) in [5.41, 5.74) is 6.33. The normalized spacial score (nSPS) is 30.6. The maximum atomic E-state index is 5.98. The number of rotatable bonds is 3. The van der Waals surface area contributed by atoms with Gasteiger partial charge in [0.25, 0.3) is 0 Å². The zero-order valence-corrected chi connectivity index (χ0v) is 10.2.